The van der Waals surface area contributed by atoms with Crippen molar-refractivity contribution >= 4 is 21.8 Å². The van der Waals surface area contributed by atoms with Crippen LogP contribution < -0.4 is 21.3 Å². The number of halogens is 1. The van der Waals surface area contributed by atoms with Crippen molar-refractivity contribution in [3.05, 3.63) is 28.2 Å². The van der Waals surface area contributed by atoms with Gasteiger partial charge in [0.05, 0.1) is 13.2 Å². The minimum absolute atomic E-state index is 0.255. The predicted octanol–water partition coefficient (Wildman–Crippen LogP) is 0.578. The Bertz CT molecular complexity index is 398. The molecule has 0 radical (unpaired) electrons. The smallest absolute Gasteiger partial charge is 0.251 e. The molecule has 1 atom stereocenters. The van der Waals surface area contributed by atoms with Crippen LogP contribution in [0.25, 0.3) is 0 Å². The maximum atomic E-state index is 11.5. The first-order valence-corrected chi connectivity index (χ1v) is 5.92. The number of amides is 1. The topological polar surface area (TPSA) is 76.4 Å². The first kappa shape index (κ1) is 14.0. The maximum Gasteiger partial charge on any atom is 0.251 e. The second-order valence-electron chi connectivity index (χ2n) is 3.51. The highest BCUT2D eigenvalue weighted by molar-refractivity contribution is 9.10. The van der Waals surface area contributed by atoms with Gasteiger partial charge in [0.2, 0.25) is 0 Å². The molecule has 17 heavy (non-hydrogen) atoms. The van der Waals surface area contributed by atoms with E-state index in [0.29, 0.717) is 6.42 Å². The molecule has 0 aliphatic carbocycles. The Morgan fingerprint density at radius 2 is 2.29 bits per heavy atom. The van der Waals surface area contributed by atoms with E-state index in [2.05, 4.69) is 26.8 Å². The highest BCUT2D eigenvalue weighted by Crippen LogP contribution is 2.23. The van der Waals surface area contributed by atoms with Crippen LogP contribution in [0.3, 0.4) is 0 Å². The number of nitrogens with two attached hydrogens (primary N) is 1. The molecule has 0 saturated heterocycles. The lowest BCUT2D eigenvalue weighted by atomic mass is 10.1. The maximum absolute atomic E-state index is 11.5. The molecule has 1 unspecified atom stereocenters. The number of rotatable bonds is 5. The predicted molar refractivity (Wildman–Crippen MR) is 69.6 cm³/mol. The Morgan fingerprint density at radius 1 is 1.59 bits per heavy atom. The summed E-state index contributed by atoms with van der Waals surface area (Å²) < 4.78 is 6.14. The summed E-state index contributed by atoms with van der Waals surface area (Å²) in [5.74, 6) is 0.468. The van der Waals surface area contributed by atoms with Gasteiger partial charge in [-0.3, -0.25) is 10.2 Å². The SMILES string of the molecule is CNNC(=O)C(N)Cc1cc(Br)ccc1OC. The molecule has 1 rings (SSSR count). The Morgan fingerprint density at radius 3 is 2.88 bits per heavy atom. The number of methoxy groups -OCH3 is 1. The molecule has 0 aliphatic heterocycles. The van der Waals surface area contributed by atoms with Crippen LogP contribution in [0.5, 0.6) is 5.75 Å². The van der Waals surface area contributed by atoms with E-state index < -0.39 is 6.04 Å². The number of carbonyl (C=O) groups is 1. The van der Waals surface area contributed by atoms with Crippen molar-refractivity contribution in [2.45, 2.75) is 12.5 Å². The molecule has 1 amide bonds. The van der Waals surface area contributed by atoms with E-state index in [0.717, 1.165) is 15.8 Å². The van der Waals surface area contributed by atoms with Gasteiger partial charge in [0.1, 0.15) is 5.75 Å². The zero-order valence-electron chi connectivity index (χ0n) is 9.79. The van der Waals surface area contributed by atoms with Crippen LogP contribution in [0, 0.1) is 0 Å². The number of hydrogen-bond acceptors (Lipinski definition) is 4. The number of hydrogen-bond donors (Lipinski definition) is 3. The van der Waals surface area contributed by atoms with Gasteiger partial charge >= 0.3 is 0 Å². The van der Waals surface area contributed by atoms with Crippen LogP contribution in [-0.2, 0) is 11.2 Å². The molecule has 0 spiro atoms. The average Bonchev–Trinajstić information content (AvgIpc) is 2.29. The summed E-state index contributed by atoms with van der Waals surface area (Å²) in [4.78, 5) is 11.5. The molecule has 0 fully saturated rings. The van der Waals surface area contributed by atoms with Gasteiger partial charge < -0.3 is 10.5 Å². The Hall–Kier alpha value is -1.11. The summed E-state index contributed by atoms with van der Waals surface area (Å²) >= 11 is 3.37. The summed E-state index contributed by atoms with van der Waals surface area (Å²) in [6, 6.07) is 4.99. The zero-order chi connectivity index (χ0) is 12.8. The third kappa shape index (κ3) is 3.99. The van der Waals surface area contributed by atoms with E-state index in [1.54, 1.807) is 14.2 Å². The summed E-state index contributed by atoms with van der Waals surface area (Å²) in [7, 11) is 3.20. The van der Waals surface area contributed by atoms with Crippen LogP contribution in [0.4, 0.5) is 0 Å². The van der Waals surface area contributed by atoms with E-state index in [4.69, 9.17) is 10.5 Å². The van der Waals surface area contributed by atoms with Gasteiger partial charge in [0.15, 0.2) is 0 Å². The number of carbonyl (C=O) groups excluding carboxylic acids is 1. The van der Waals surface area contributed by atoms with Gasteiger partial charge in [-0.25, -0.2) is 5.43 Å². The minimum Gasteiger partial charge on any atom is -0.496 e. The molecule has 1 aromatic carbocycles. The third-order valence-electron chi connectivity index (χ3n) is 2.27. The molecular formula is C11H16BrN3O2. The van der Waals surface area contributed by atoms with E-state index in [1.807, 2.05) is 18.2 Å². The quantitative estimate of drug-likeness (QED) is 0.695. The van der Waals surface area contributed by atoms with Crippen LogP contribution in [0.1, 0.15) is 5.56 Å². The van der Waals surface area contributed by atoms with E-state index >= 15 is 0 Å². The van der Waals surface area contributed by atoms with Crippen LogP contribution in [0.2, 0.25) is 0 Å². The molecule has 94 valence electrons. The van der Waals surface area contributed by atoms with Crippen LogP contribution >= 0.6 is 15.9 Å². The number of ether oxygens (including phenoxy) is 1. The van der Waals surface area contributed by atoms with Gasteiger partial charge in [-0.1, -0.05) is 15.9 Å². The normalized spacial score (nSPS) is 12.0. The molecule has 1 aromatic rings. The largest absolute Gasteiger partial charge is 0.496 e. The summed E-state index contributed by atoms with van der Waals surface area (Å²) in [6.07, 6.45) is 0.413. The van der Waals surface area contributed by atoms with Gasteiger partial charge in [-0.2, -0.15) is 0 Å². The summed E-state index contributed by atoms with van der Waals surface area (Å²) in [5.41, 5.74) is 11.7. The Kier molecular flexibility index (Phi) is 5.40. The molecule has 5 nitrogen and oxygen atoms in total. The molecule has 6 heteroatoms. The van der Waals surface area contributed by atoms with Crippen molar-refractivity contribution in [3.63, 3.8) is 0 Å². The Labute approximate surface area is 109 Å². The lowest BCUT2D eigenvalue weighted by molar-refractivity contribution is -0.123. The monoisotopic (exact) mass is 301 g/mol. The molecule has 0 bridgehead atoms. The molecule has 0 aliphatic rings. The second-order valence-corrected chi connectivity index (χ2v) is 4.42. The van der Waals surface area contributed by atoms with Crippen molar-refractivity contribution in [1.82, 2.24) is 10.9 Å². The van der Waals surface area contributed by atoms with Crippen molar-refractivity contribution in [2.75, 3.05) is 14.2 Å². The molecule has 0 saturated carbocycles. The summed E-state index contributed by atoms with van der Waals surface area (Å²) in [5, 5.41) is 0. The fourth-order valence-corrected chi connectivity index (χ4v) is 1.86. The van der Waals surface area contributed by atoms with Crippen LogP contribution in [0.15, 0.2) is 22.7 Å². The van der Waals surface area contributed by atoms with Crippen molar-refractivity contribution in [1.29, 1.82) is 0 Å². The molecular weight excluding hydrogens is 286 g/mol. The highest BCUT2D eigenvalue weighted by atomic mass is 79.9. The van der Waals surface area contributed by atoms with Gasteiger partial charge in [0.25, 0.3) is 5.91 Å². The molecule has 4 N–H and O–H groups in total. The lowest BCUT2D eigenvalue weighted by Gasteiger charge is -2.14. The van der Waals surface area contributed by atoms with Crippen molar-refractivity contribution < 1.29 is 9.53 Å². The standard InChI is InChI=1S/C11H16BrN3O2/c1-14-15-11(16)9(13)6-7-5-8(12)3-4-10(7)17-2/h3-5,9,14H,6,13H2,1-2H3,(H,15,16). The highest BCUT2D eigenvalue weighted by Gasteiger charge is 2.15. The zero-order valence-corrected chi connectivity index (χ0v) is 11.4. The average molecular weight is 302 g/mol. The fourth-order valence-electron chi connectivity index (χ4n) is 1.45. The first-order valence-electron chi connectivity index (χ1n) is 5.13. The first-order chi connectivity index (χ1) is 8.08. The number of hydrazine groups is 1. The van der Waals surface area contributed by atoms with Crippen molar-refractivity contribution in [2.24, 2.45) is 5.73 Å². The Balaban J connectivity index is 2.79. The third-order valence-corrected chi connectivity index (χ3v) is 2.76. The van der Waals surface area contributed by atoms with E-state index in [-0.39, 0.29) is 5.91 Å². The van der Waals surface area contributed by atoms with Crippen molar-refractivity contribution in [3.8, 4) is 5.75 Å². The minimum atomic E-state index is -0.620. The van der Waals surface area contributed by atoms with Gasteiger partial charge in [-0.15, -0.1) is 0 Å². The van der Waals surface area contributed by atoms with Crippen LogP contribution in [-0.4, -0.2) is 26.1 Å². The van der Waals surface area contributed by atoms with Gasteiger partial charge in [0, 0.05) is 17.9 Å². The number of nitrogens with one attached hydrogen (secondary N) is 2. The van der Waals surface area contributed by atoms with Gasteiger partial charge in [-0.05, 0) is 23.8 Å². The van der Waals surface area contributed by atoms with E-state index in [9.17, 15) is 4.79 Å². The second kappa shape index (κ2) is 6.58. The fraction of sp³-hybridized carbons (Fsp3) is 0.364. The molecule has 0 heterocycles. The number of benzene rings is 1. The van der Waals surface area contributed by atoms with E-state index in [1.165, 1.54) is 0 Å². The molecule has 0 aromatic heterocycles. The summed E-state index contributed by atoms with van der Waals surface area (Å²) in [6.45, 7) is 0. The lowest BCUT2D eigenvalue weighted by Crippen LogP contribution is -2.46.